The van der Waals surface area contributed by atoms with Crippen molar-refractivity contribution in [2.24, 2.45) is 0 Å². The molecule has 6 heteroatoms. The third kappa shape index (κ3) is 4.69. The van der Waals surface area contributed by atoms with Crippen molar-refractivity contribution in [3.8, 4) is 5.75 Å². The maximum Gasteiger partial charge on any atom is 0.267 e. The van der Waals surface area contributed by atoms with Crippen LogP contribution in [0.25, 0.3) is 0 Å². The largest absolute Gasteiger partial charge is 0.479 e. The van der Waals surface area contributed by atoms with Crippen molar-refractivity contribution in [1.29, 1.82) is 0 Å². The normalized spacial score (nSPS) is 16.7. The highest BCUT2D eigenvalue weighted by Gasteiger charge is 2.31. The number of ether oxygens (including phenoxy) is 2. The molecule has 0 fully saturated rings. The molecule has 0 saturated heterocycles. The highest BCUT2D eigenvalue weighted by molar-refractivity contribution is 6.00. The third-order valence-corrected chi connectivity index (χ3v) is 3.63. The van der Waals surface area contributed by atoms with Crippen LogP contribution < -0.4 is 15.0 Å². The van der Waals surface area contributed by atoms with Crippen LogP contribution in [0.3, 0.4) is 0 Å². The zero-order valence-corrected chi connectivity index (χ0v) is 13.7. The van der Waals surface area contributed by atoms with Crippen molar-refractivity contribution in [2.45, 2.75) is 32.8 Å². The van der Waals surface area contributed by atoms with E-state index in [0.717, 1.165) is 12.1 Å². The maximum absolute atomic E-state index is 12.3. The van der Waals surface area contributed by atoms with Gasteiger partial charge in [0.2, 0.25) is 5.91 Å². The van der Waals surface area contributed by atoms with E-state index in [1.807, 2.05) is 31.2 Å². The fourth-order valence-electron chi connectivity index (χ4n) is 2.44. The first-order chi connectivity index (χ1) is 11.1. The molecular formula is C17H24N2O4. The summed E-state index contributed by atoms with van der Waals surface area (Å²) < 4.78 is 10.8. The van der Waals surface area contributed by atoms with Gasteiger partial charge in [-0.2, -0.15) is 0 Å². The molecule has 0 spiro atoms. The number of hydrogen-bond acceptors (Lipinski definition) is 4. The van der Waals surface area contributed by atoms with E-state index in [-0.39, 0.29) is 18.2 Å². The van der Waals surface area contributed by atoms with E-state index in [9.17, 15) is 9.59 Å². The number of benzene rings is 1. The highest BCUT2D eigenvalue weighted by atomic mass is 16.5. The predicted molar refractivity (Wildman–Crippen MR) is 87.6 cm³/mol. The summed E-state index contributed by atoms with van der Waals surface area (Å²) in [7, 11) is 0. The molecular weight excluding hydrogens is 296 g/mol. The molecule has 1 unspecified atom stereocenters. The number of fused-ring (bicyclic) bond motifs is 1. The first-order valence-electron chi connectivity index (χ1n) is 8.05. The second kappa shape index (κ2) is 8.53. The van der Waals surface area contributed by atoms with Gasteiger partial charge in [-0.1, -0.05) is 12.1 Å². The minimum atomic E-state index is -0.529. The van der Waals surface area contributed by atoms with Crippen LogP contribution in [-0.4, -0.2) is 44.2 Å². The number of nitrogens with one attached hydrogen (secondary N) is 1. The Kier molecular flexibility index (Phi) is 6.40. The predicted octanol–water partition coefficient (Wildman–Crippen LogP) is 1.73. The van der Waals surface area contributed by atoms with E-state index in [0.29, 0.717) is 32.1 Å². The summed E-state index contributed by atoms with van der Waals surface area (Å²) in [6, 6.07) is 7.38. The van der Waals surface area contributed by atoms with Crippen LogP contribution >= 0.6 is 0 Å². The van der Waals surface area contributed by atoms with Crippen molar-refractivity contribution in [3.63, 3.8) is 0 Å². The molecule has 2 rings (SSSR count). The van der Waals surface area contributed by atoms with Gasteiger partial charge in [0.25, 0.3) is 5.91 Å². The lowest BCUT2D eigenvalue weighted by molar-refractivity contribution is -0.125. The Morgan fingerprint density at radius 1 is 1.39 bits per heavy atom. The smallest absolute Gasteiger partial charge is 0.267 e. The van der Waals surface area contributed by atoms with Gasteiger partial charge in [0.15, 0.2) is 6.10 Å². The summed E-state index contributed by atoms with van der Waals surface area (Å²) in [6.45, 7) is 5.92. The lowest BCUT2D eigenvalue weighted by Gasteiger charge is -2.32. The average Bonchev–Trinajstić information content (AvgIpc) is 2.55. The first-order valence-corrected chi connectivity index (χ1v) is 8.05. The Morgan fingerprint density at radius 2 is 2.17 bits per heavy atom. The molecule has 1 aromatic rings. The SMILES string of the molecule is CCOCCCNC(=O)CCN1C(=O)C(C)Oc2ccccc21. The number of para-hydroxylation sites is 2. The van der Waals surface area contributed by atoms with Gasteiger partial charge in [0, 0.05) is 32.7 Å². The van der Waals surface area contributed by atoms with E-state index >= 15 is 0 Å². The van der Waals surface area contributed by atoms with Gasteiger partial charge in [-0.25, -0.2) is 0 Å². The lowest BCUT2D eigenvalue weighted by atomic mass is 10.1. The number of carbonyl (C=O) groups excluding carboxylic acids is 2. The highest BCUT2D eigenvalue weighted by Crippen LogP contribution is 2.33. The van der Waals surface area contributed by atoms with Gasteiger partial charge >= 0.3 is 0 Å². The molecule has 0 saturated carbocycles. The number of carbonyl (C=O) groups is 2. The molecule has 0 bridgehead atoms. The number of anilines is 1. The molecule has 1 heterocycles. The van der Waals surface area contributed by atoms with Crippen LogP contribution in [0.4, 0.5) is 5.69 Å². The summed E-state index contributed by atoms with van der Waals surface area (Å²) in [5.74, 6) is 0.496. The van der Waals surface area contributed by atoms with Crippen molar-refractivity contribution in [2.75, 3.05) is 31.2 Å². The van der Waals surface area contributed by atoms with Crippen molar-refractivity contribution in [1.82, 2.24) is 5.32 Å². The van der Waals surface area contributed by atoms with E-state index in [2.05, 4.69) is 5.32 Å². The topological polar surface area (TPSA) is 67.9 Å². The fraction of sp³-hybridized carbons (Fsp3) is 0.529. The summed E-state index contributed by atoms with van der Waals surface area (Å²) in [6.07, 6.45) is 0.524. The van der Waals surface area contributed by atoms with Crippen molar-refractivity contribution < 1.29 is 19.1 Å². The molecule has 1 aliphatic heterocycles. The van der Waals surface area contributed by atoms with Gasteiger partial charge in [-0.05, 0) is 32.4 Å². The quantitative estimate of drug-likeness (QED) is 0.741. The van der Waals surface area contributed by atoms with Gasteiger partial charge in [-0.15, -0.1) is 0 Å². The van der Waals surface area contributed by atoms with Crippen LogP contribution in [0.1, 0.15) is 26.7 Å². The molecule has 1 aliphatic rings. The fourth-order valence-corrected chi connectivity index (χ4v) is 2.44. The zero-order valence-electron chi connectivity index (χ0n) is 13.7. The van der Waals surface area contributed by atoms with Crippen LogP contribution in [0.5, 0.6) is 5.75 Å². The van der Waals surface area contributed by atoms with E-state index in [1.54, 1.807) is 11.8 Å². The van der Waals surface area contributed by atoms with Crippen molar-refractivity contribution in [3.05, 3.63) is 24.3 Å². The minimum Gasteiger partial charge on any atom is -0.479 e. The standard InChI is InChI=1S/C17H24N2O4/c1-3-22-12-6-10-18-16(20)9-11-19-14-7-4-5-8-15(14)23-13(2)17(19)21/h4-5,7-8,13H,3,6,9-12H2,1-2H3,(H,18,20). The summed E-state index contributed by atoms with van der Waals surface area (Å²) in [4.78, 5) is 25.8. The summed E-state index contributed by atoms with van der Waals surface area (Å²) >= 11 is 0. The van der Waals surface area contributed by atoms with Gasteiger partial charge < -0.3 is 19.7 Å². The van der Waals surface area contributed by atoms with Crippen LogP contribution in [0.2, 0.25) is 0 Å². The van der Waals surface area contributed by atoms with Gasteiger partial charge in [-0.3, -0.25) is 9.59 Å². The molecule has 1 aromatic carbocycles. The summed E-state index contributed by atoms with van der Waals surface area (Å²) in [5.41, 5.74) is 0.722. The molecule has 0 radical (unpaired) electrons. The molecule has 6 nitrogen and oxygen atoms in total. The van der Waals surface area contributed by atoms with E-state index in [1.165, 1.54) is 0 Å². The average molecular weight is 320 g/mol. The van der Waals surface area contributed by atoms with Crippen LogP contribution in [0.15, 0.2) is 24.3 Å². The Bertz CT molecular complexity index is 547. The molecule has 1 N–H and O–H groups in total. The van der Waals surface area contributed by atoms with Crippen molar-refractivity contribution >= 4 is 17.5 Å². The maximum atomic E-state index is 12.3. The van der Waals surface area contributed by atoms with Crippen LogP contribution in [0, 0.1) is 0 Å². The molecule has 0 aliphatic carbocycles. The Morgan fingerprint density at radius 3 is 2.96 bits per heavy atom. The molecule has 1 atom stereocenters. The Balaban J connectivity index is 1.85. The molecule has 23 heavy (non-hydrogen) atoms. The van der Waals surface area contributed by atoms with Gasteiger partial charge in [0.1, 0.15) is 5.75 Å². The van der Waals surface area contributed by atoms with Crippen LogP contribution in [-0.2, 0) is 14.3 Å². The Hall–Kier alpha value is -2.08. The minimum absolute atomic E-state index is 0.0640. The monoisotopic (exact) mass is 320 g/mol. The zero-order chi connectivity index (χ0) is 16.7. The first kappa shape index (κ1) is 17.3. The summed E-state index contributed by atoms with van der Waals surface area (Å²) in [5, 5.41) is 2.84. The number of rotatable bonds is 8. The third-order valence-electron chi connectivity index (χ3n) is 3.63. The van der Waals surface area contributed by atoms with E-state index in [4.69, 9.17) is 9.47 Å². The molecule has 2 amide bonds. The molecule has 0 aromatic heterocycles. The number of hydrogen-bond donors (Lipinski definition) is 1. The van der Waals surface area contributed by atoms with E-state index < -0.39 is 6.10 Å². The van der Waals surface area contributed by atoms with Gasteiger partial charge in [0.05, 0.1) is 5.69 Å². The lowest BCUT2D eigenvalue weighted by Crippen LogP contribution is -2.45. The Labute approximate surface area is 136 Å². The second-order valence-corrected chi connectivity index (χ2v) is 5.37. The number of amides is 2. The number of nitrogens with zero attached hydrogens (tertiary/aromatic N) is 1. The molecule has 126 valence electrons. The second-order valence-electron chi connectivity index (χ2n) is 5.37.